The first-order valence-electron chi connectivity index (χ1n) is 5.40. The molecule has 0 unspecified atom stereocenters. The highest BCUT2D eigenvalue weighted by Gasteiger charge is 2.16. The van der Waals surface area contributed by atoms with Crippen LogP contribution in [0.4, 0.5) is 5.69 Å². The molecule has 2 rings (SSSR count). The van der Waals surface area contributed by atoms with E-state index >= 15 is 0 Å². The van der Waals surface area contributed by atoms with Crippen LogP contribution in [0.15, 0.2) is 42.5 Å². The van der Waals surface area contributed by atoms with E-state index in [0.29, 0.717) is 0 Å². The number of nitro groups is 1. The molecule has 0 aliphatic carbocycles. The molecule has 0 saturated carbocycles. The Balaban J connectivity index is 2.39. The molecule has 2 aromatic rings. The van der Waals surface area contributed by atoms with Crippen LogP contribution in [0.25, 0.3) is 0 Å². The van der Waals surface area contributed by atoms with Crippen LogP contribution in [-0.2, 0) is 0 Å². The summed E-state index contributed by atoms with van der Waals surface area (Å²) in [6, 6.07) is 10.3. The number of rotatable bonds is 4. The number of phenolic OH excluding ortho intramolecular Hbond substituents is 1. The van der Waals surface area contributed by atoms with Gasteiger partial charge in [0.2, 0.25) is 5.75 Å². The SMILES string of the molecule is COc1cc(O)ccc1Oc1ccccc1[N+](=O)[O-]. The Morgan fingerprint density at radius 1 is 1.11 bits per heavy atom. The van der Waals surface area contributed by atoms with Crippen molar-refractivity contribution in [1.82, 2.24) is 0 Å². The standard InChI is InChI=1S/C13H11NO5/c1-18-13-8-9(15)6-7-12(13)19-11-5-3-2-4-10(11)14(16)17/h2-8,15H,1H3. The van der Waals surface area contributed by atoms with Crippen molar-refractivity contribution in [3.05, 3.63) is 52.6 Å². The zero-order valence-electron chi connectivity index (χ0n) is 10.1. The molecule has 0 radical (unpaired) electrons. The van der Waals surface area contributed by atoms with Gasteiger partial charge in [-0.15, -0.1) is 0 Å². The summed E-state index contributed by atoms with van der Waals surface area (Å²) in [5.74, 6) is 0.705. The average molecular weight is 261 g/mol. The van der Waals surface area contributed by atoms with Crippen LogP contribution in [0.3, 0.4) is 0 Å². The van der Waals surface area contributed by atoms with Crippen molar-refractivity contribution in [3.63, 3.8) is 0 Å². The topological polar surface area (TPSA) is 81.8 Å². The molecule has 0 spiro atoms. The number of hydrogen-bond acceptors (Lipinski definition) is 5. The van der Waals surface area contributed by atoms with Gasteiger partial charge in [-0.05, 0) is 18.2 Å². The molecule has 0 atom stereocenters. The maximum Gasteiger partial charge on any atom is 0.311 e. The smallest absolute Gasteiger partial charge is 0.311 e. The lowest BCUT2D eigenvalue weighted by Crippen LogP contribution is -1.94. The second-order valence-electron chi connectivity index (χ2n) is 3.66. The first-order valence-corrected chi connectivity index (χ1v) is 5.40. The zero-order valence-corrected chi connectivity index (χ0v) is 10.1. The Labute approximate surface area is 109 Å². The van der Waals surface area contributed by atoms with Gasteiger partial charge in [-0.25, -0.2) is 0 Å². The third-order valence-corrected chi connectivity index (χ3v) is 2.43. The largest absolute Gasteiger partial charge is 0.508 e. The fourth-order valence-corrected chi connectivity index (χ4v) is 1.55. The van der Waals surface area contributed by atoms with Crippen LogP contribution < -0.4 is 9.47 Å². The minimum absolute atomic E-state index is 0.0201. The predicted octanol–water partition coefficient (Wildman–Crippen LogP) is 3.10. The summed E-state index contributed by atoms with van der Waals surface area (Å²) in [4.78, 5) is 10.3. The van der Waals surface area contributed by atoms with Gasteiger partial charge in [0.05, 0.1) is 12.0 Å². The van der Waals surface area contributed by atoms with Crippen LogP contribution in [-0.4, -0.2) is 17.1 Å². The maximum atomic E-state index is 10.9. The summed E-state index contributed by atoms with van der Waals surface area (Å²) in [5, 5.41) is 20.2. The van der Waals surface area contributed by atoms with Gasteiger partial charge in [0.15, 0.2) is 11.5 Å². The number of hydrogen-bond donors (Lipinski definition) is 1. The van der Waals surface area contributed by atoms with Crippen LogP contribution in [0, 0.1) is 10.1 Å². The number of nitrogens with zero attached hydrogens (tertiary/aromatic N) is 1. The first kappa shape index (κ1) is 12.7. The molecule has 0 bridgehead atoms. The van der Waals surface area contributed by atoms with Gasteiger partial charge < -0.3 is 14.6 Å². The highest BCUT2D eigenvalue weighted by molar-refractivity contribution is 5.52. The van der Waals surface area contributed by atoms with Gasteiger partial charge in [0, 0.05) is 12.1 Å². The molecular formula is C13H11NO5. The van der Waals surface area contributed by atoms with E-state index in [4.69, 9.17) is 9.47 Å². The highest BCUT2D eigenvalue weighted by atomic mass is 16.6. The van der Waals surface area contributed by atoms with E-state index in [-0.39, 0.29) is 28.7 Å². The van der Waals surface area contributed by atoms with E-state index in [2.05, 4.69) is 0 Å². The predicted molar refractivity (Wildman–Crippen MR) is 67.8 cm³/mol. The summed E-state index contributed by atoms with van der Waals surface area (Å²) in [5.41, 5.74) is -0.141. The third-order valence-electron chi connectivity index (χ3n) is 2.43. The fourth-order valence-electron chi connectivity index (χ4n) is 1.55. The normalized spacial score (nSPS) is 9.95. The monoisotopic (exact) mass is 261 g/mol. The van der Waals surface area contributed by atoms with E-state index in [1.807, 2.05) is 0 Å². The van der Waals surface area contributed by atoms with E-state index < -0.39 is 4.92 Å². The molecule has 2 aromatic carbocycles. The lowest BCUT2D eigenvalue weighted by atomic mass is 10.2. The molecule has 0 aliphatic heterocycles. The summed E-state index contributed by atoms with van der Waals surface area (Å²) in [6.45, 7) is 0. The minimum atomic E-state index is -0.526. The van der Waals surface area contributed by atoms with Crippen LogP contribution >= 0.6 is 0 Å². The molecule has 6 heteroatoms. The van der Waals surface area contributed by atoms with Gasteiger partial charge in [-0.3, -0.25) is 10.1 Å². The molecular weight excluding hydrogens is 250 g/mol. The van der Waals surface area contributed by atoms with Crippen molar-refractivity contribution in [2.75, 3.05) is 7.11 Å². The van der Waals surface area contributed by atoms with Gasteiger partial charge in [-0.2, -0.15) is 0 Å². The Hall–Kier alpha value is -2.76. The van der Waals surface area contributed by atoms with E-state index in [0.717, 1.165) is 0 Å². The second-order valence-corrected chi connectivity index (χ2v) is 3.66. The number of ether oxygens (including phenoxy) is 2. The number of methoxy groups -OCH3 is 1. The van der Waals surface area contributed by atoms with Crippen molar-refractivity contribution in [2.45, 2.75) is 0 Å². The molecule has 0 amide bonds. The van der Waals surface area contributed by atoms with Crippen LogP contribution in [0.5, 0.6) is 23.0 Å². The summed E-state index contributed by atoms with van der Waals surface area (Å²) >= 11 is 0. The van der Waals surface area contributed by atoms with Crippen molar-refractivity contribution in [2.24, 2.45) is 0 Å². The summed E-state index contributed by atoms with van der Waals surface area (Å²) in [7, 11) is 1.42. The van der Waals surface area contributed by atoms with E-state index in [1.54, 1.807) is 12.1 Å². The first-order chi connectivity index (χ1) is 9.11. The Morgan fingerprint density at radius 2 is 1.84 bits per heavy atom. The van der Waals surface area contributed by atoms with Gasteiger partial charge in [-0.1, -0.05) is 12.1 Å². The minimum Gasteiger partial charge on any atom is -0.508 e. The molecule has 19 heavy (non-hydrogen) atoms. The maximum absolute atomic E-state index is 10.9. The van der Waals surface area contributed by atoms with Crippen molar-refractivity contribution < 1.29 is 19.5 Å². The summed E-state index contributed by atoms with van der Waals surface area (Å²) in [6.07, 6.45) is 0. The van der Waals surface area contributed by atoms with Crippen LogP contribution in [0.2, 0.25) is 0 Å². The summed E-state index contributed by atoms with van der Waals surface area (Å²) < 4.78 is 10.5. The lowest BCUT2D eigenvalue weighted by Gasteiger charge is -2.10. The quantitative estimate of drug-likeness (QED) is 0.675. The number of phenols is 1. The molecule has 0 fully saturated rings. The average Bonchev–Trinajstić information content (AvgIpc) is 2.41. The zero-order chi connectivity index (χ0) is 13.8. The Kier molecular flexibility index (Phi) is 3.51. The molecule has 0 aliphatic rings. The number of aromatic hydroxyl groups is 1. The highest BCUT2D eigenvalue weighted by Crippen LogP contribution is 2.37. The second kappa shape index (κ2) is 5.26. The van der Waals surface area contributed by atoms with Crippen LogP contribution in [0.1, 0.15) is 0 Å². The molecule has 1 N–H and O–H groups in total. The molecule has 0 aromatic heterocycles. The number of benzene rings is 2. The van der Waals surface area contributed by atoms with Gasteiger partial charge in [0.1, 0.15) is 5.75 Å². The van der Waals surface area contributed by atoms with Crippen molar-refractivity contribution in [1.29, 1.82) is 0 Å². The Morgan fingerprint density at radius 3 is 2.53 bits per heavy atom. The molecule has 6 nitrogen and oxygen atoms in total. The molecule has 0 saturated heterocycles. The van der Waals surface area contributed by atoms with Crippen molar-refractivity contribution >= 4 is 5.69 Å². The molecule has 0 heterocycles. The van der Waals surface area contributed by atoms with Gasteiger partial charge >= 0.3 is 5.69 Å². The number of nitro benzene ring substituents is 1. The fraction of sp³-hybridized carbons (Fsp3) is 0.0769. The van der Waals surface area contributed by atoms with Crippen molar-refractivity contribution in [3.8, 4) is 23.0 Å². The lowest BCUT2D eigenvalue weighted by molar-refractivity contribution is -0.385. The van der Waals surface area contributed by atoms with E-state index in [9.17, 15) is 15.2 Å². The molecule has 98 valence electrons. The van der Waals surface area contributed by atoms with Gasteiger partial charge in [0.25, 0.3) is 0 Å². The number of para-hydroxylation sites is 2. The Bertz CT molecular complexity index is 612. The van der Waals surface area contributed by atoms with E-state index in [1.165, 1.54) is 37.4 Å². The third kappa shape index (κ3) is 2.74.